The van der Waals surface area contributed by atoms with Crippen molar-refractivity contribution in [3.05, 3.63) is 15.9 Å². The van der Waals surface area contributed by atoms with Crippen molar-refractivity contribution in [2.45, 2.75) is 52.1 Å². The molecular weight excluding hydrogens is 290 g/mol. The summed E-state index contributed by atoms with van der Waals surface area (Å²) in [6.45, 7) is 5.11. The lowest BCUT2D eigenvalue weighted by atomic mass is 10.0. The first-order chi connectivity index (χ1) is 8.63. The summed E-state index contributed by atoms with van der Waals surface area (Å²) in [4.78, 5) is 0. The summed E-state index contributed by atoms with van der Waals surface area (Å²) in [6, 6.07) is 0.318. The molecule has 18 heavy (non-hydrogen) atoms. The van der Waals surface area contributed by atoms with Crippen molar-refractivity contribution in [3.63, 3.8) is 0 Å². The molecule has 0 radical (unpaired) electrons. The lowest BCUT2D eigenvalue weighted by Crippen LogP contribution is -2.28. The molecule has 3 unspecified atom stereocenters. The van der Waals surface area contributed by atoms with Crippen molar-refractivity contribution in [3.8, 4) is 0 Å². The lowest BCUT2D eigenvalue weighted by molar-refractivity contribution is 0.468. The molecule has 0 aliphatic heterocycles. The van der Waals surface area contributed by atoms with Crippen molar-refractivity contribution in [2.24, 2.45) is 23.5 Å². The van der Waals surface area contributed by atoms with Crippen molar-refractivity contribution in [1.82, 2.24) is 9.78 Å². The molecule has 3 rings (SSSR count). The van der Waals surface area contributed by atoms with E-state index in [4.69, 9.17) is 5.73 Å². The molecule has 0 aromatic carbocycles. The summed E-state index contributed by atoms with van der Waals surface area (Å²) >= 11 is 3.66. The van der Waals surface area contributed by atoms with Gasteiger partial charge >= 0.3 is 0 Å². The molecule has 2 fully saturated rings. The largest absolute Gasteiger partial charge is 0.327 e. The van der Waals surface area contributed by atoms with Crippen molar-refractivity contribution >= 4 is 15.9 Å². The first kappa shape index (κ1) is 12.7. The summed E-state index contributed by atoms with van der Waals surface area (Å²) in [5, 5.41) is 4.55. The molecular formula is C14H22BrN3. The van der Waals surface area contributed by atoms with Crippen LogP contribution in [0.2, 0.25) is 0 Å². The molecule has 3 atom stereocenters. The van der Waals surface area contributed by atoms with Gasteiger partial charge in [0.25, 0.3) is 0 Å². The number of hydrogen-bond acceptors (Lipinski definition) is 2. The Morgan fingerprint density at radius 3 is 2.72 bits per heavy atom. The van der Waals surface area contributed by atoms with Gasteiger partial charge in [-0.1, -0.05) is 6.42 Å². The number of aromatic nitrogens is 2. The van der Waals surface area contributed by atoms with Crippen LogP contribution in [-0.4, -0.2) is 15.8 Å². The summed E-state index contributed by atoms with van der Waals surface area (Å²) in [7, 11) is 0. The summed E-state index contributed by atoms with van der Waals surface area (Å²) in [5.41, 5.74) is 8.80. The van der Waals surface area contributed by atoms with Crippen LogP contribution in [0.3, 0.4) is 0 Å². The predicted octanol–water partition coefficient (Wildman–Crippen LogP) is 2.89. The van der Waals surface area contributed by atoms with Crippen LogP contribution in [0, 0.1) is 24.7 Å². The Morgan fingerprint density at radius 1 is 1.44 bits per heavy atom. The van der Waals surface area contributed by atoms with Crippen LogP contribution < -0.4 is 5.73 Å². The van der Waals surface area contributed by atoms with E-state index >= 15 is 0 Å². The minimum absolute atomic E-state index is 0.318. The number of hydrogen-bond donors (Lipinski definition) is 1. The van der Waals surface area contributed by atoms with Crippen LogP contribution in [0.15, 0.2) is 4.47 Å². The van der Waals surface area contributed by atoms with Gasteiger partial charge in [0.1, 0.15) is 0 Å². The monoisotopic (exact) mass is 311 g/mol. The Balaban J connectivity index is 1.72. The molecule has 2 aliphatic carbocycles. The fourth-order valence-corrected chi connectivity index (χ4v) is 4.38. The van der Waals surface area contributed by atoms with E-state index in [1.54, 1.807) is 0 Å². The highest BCUT2D eigenvalue weighted by Gasteiger charge is 2.54. The van der Waals surface area contributed by atoms with E-state index in [0.717, 1.165) is 40.9 Å². The molecule has 1 aromatic rings. The predicted molar refractivity (Wildman–Crippen MR) is 76.3 cm³/mol. The summed E-state index contributed by atoms with van der Waals surface area (Å²) in [6.07, 6.45) is 5.22. The zero-order valence-corrected chi connectivity index (χ0v) is 12.8. The fourth-order valence-electron chi connectivity index (χ4n) is 3.94. The minimum Gasteiger partial charge on any atom is -0.327 e. The fraction of sp³-hybridized carbons (Fsp3) is 0.786. The maximum absolute atomic E-state index is 6.44. The zero-order valence-electron chi connectivity index (χ0n) is 11.2. The third-order valence-corrected chi connectivity index (χ3v) is 5.88. The molecule has 0 spiro atoms. The van der Waals surface area contributed by atoms with E-state index in [9.17, 15) is 0 Å². The van der Waals surface area contributed by atoms with Gasteiger partial charge in [-0.25, -0.2) is 0 Å². The molecule has 1 heterocycles. The Hall–Kier alpha value is -0.350. The maximum atomic E-state index is 6.44. The molecule has 2 saturated carbocycles. The number of fused-ring (bicyclic) bond motifs is 1. The summed E-state index contributed by atoms with van der Waals surface area (Å²) < 4.78 is 3.25. The number of rotatable bonds is 4. The third kappa shape index (κ3) is 1.94. The molecule has 4 heteroatoms. The van der Waals surface area contributed by atoms with Crippen molar-refractivity contribution in [2.75, 3.05) is 0 Å². The van der Waals surface area contributed by atoms with Crippen LogP contribution in [-0.2, 0) is 13.0 Å². The maximum Gasteiger partial charge on any atom is 0.0738 e. The molecule has 3 nitrogen and oxygen atoms in total. The van der Waals surface area contributed by atoms with E-state index in [1.165, 1.54) is 25.0 Å². The van der Waals surface area contributed by atoms with Gasteiger partial charge in [-0.15, -0.1) is 0 Å². The zero-order chi connectivity index (χ0) is 12.9. The SMILES string of the molecule is CCn1nc(C)c(Br)c1CC(N)C1C2CCCC21. The second kappa shape index (κ2) is 4.64. The summed E-state index contributed by atoms with van der Waals surface area (Å²) in [5.74, 6) is 2.67. The van der Waals surface area contributed by atoms with E-state index in [1.807, 2.05) is 0 Å². The van der Waals surface area contributed by atoms with Crippen LogP contribution in [0.5, 0.6) is 0 Å². The molecule has 0 bridgehead atoms. The van der Waals surface area contributed by atoms with Crippen LogP contribution >= 0.6 is 15.9 Å². The third-order valence-electron chi connectivity index (χ3n) is 4.85. The minimum atomic E-state index is 0.318. The van der Waals surface area contributed by atoms with E-state index in [0.29, 0.717) is 6.04 Å². The van der Waals surface area contributed by atoms with E-state index in [2.05, 4.69) is 39.6 Å². The van der Waals surface area contributed by atoms with E-state index in [-0.39, 0.29) is 0 Å². The van der Waals surface area contributed by atoms with Gasteiger partial charge in [0.2, 0.25) is 0 Å². The van der Waals surface area contributed by atoms with Gasteiger partial charge in [0.15, 0.2) is 0 Å². The highest BCUT2D eigenvalue weighted by molar-refractivity contribution is 9.10. The molecule has 2 N–H and O–H groups in total. The quantitative estimate of drug-likeness (QED) is 0.929. The average molecular weight is 312 g/mol. The standard InChI is InChI=1S/C14H22BrN3/c1-3-18-12(14(15)8(2)17-18)7-11(16)13-9-5-4-6-10(9)13/h9-11,13H,3-7,16H2,1-2H3. The number of halogens is 1. The van der Waals surface area contributed by atoms with E-state index < -0.39 is 0 Å². The number of nitrogens with two attached hydrogens (primary N) is 1. The topological polar surface area (TPSA) is 43.8 Å². The Kier molecular flexibility index (Phi) is 3.27. The van der Waals surface area contributed by atoms with Crippen LogP contribution in [0.1, 0.15) is 37.6 Å². The van der Waals surface area contributed by atoms with Gasteiger partial charge in [0.05, 0.1) is 15.9 Å². The molecule has 1 aromatic heterocycles. The van der Waals surface area contributed by atoms with Gasteiger partial charge in [-0.2, -0.15) is 5.10 Å². The van der Waals surface area contributed by atoms with Gasteiger partial charge in [-0.3, -0.25) is 4.68 Å². The average Bonchev–Trinajstić information content (AvgIpc) is 2.71. The Morgan fingerprint density at radius 2 is 2.11 bits per heavy atom. The first-order valence-corrected chi connectivity index (χ1v) is 7.90. The van der Waals surface area contributed by atoms with Crippen LogP contribution in [0.4, 0.5) is 0 Å². The van der Waals surface area contributed by atoms with Crippen molar-refractivity contribution in [1.29, 1.82) is 0 Å². The highest BCUT2D eigenvalue weighted by Crippen LogP contribution is 2.58. The van der Waals surface area contributed by atoms with Gasteiger partial charge in [0, 0.05) is 19.0 Å². The normalized spacial score (nSPS) is 31.4. The van der Waals surface area contributed by atoms with Gasteiger partial charge < -0.3 is 5.73 Å². The highest BCUT2D eigenvalue weighted by atomic mass is 79.9. The second-order valence-electron chi connectivity index (χ2n) is 5.87. The Labute approximate surface area is 117 Å². The smallest absolute Gasteiger partial charge is 0.0738 e. The molecule has 0 saturated heterocycles. The van der Waals surface area contributed by atoms with Gasteiger partial charge in [-0.05, 0) is 60.4 Å². The van der Waals surface area contributed by atoms with Crippen LogP contribution in [0.25, 0.3) is 0 Å². The molecule has 2 aliphatic rings. The lowest BCUT2D eigenvalue weighted by Gasteiger charge is -2.15. The van der Waals surface area contributed by atoms with Crippen molar-refractivity contribution < 1.29 is 0 Å². The Bertz CT molecular complexity index is 444. The number of nitrogens with zero attached hydrogens (tertiary/aromatic N) is 2. The number of aryl methyl sites for hydroxylation is 2. The second-order valence-corrected chi connectivity index (χ2v) is 6.66. The molecule has 100 valence electrons. The molecule has 0 amide bonds. The first-order valence-electron chi connectivity index (χ1n) is 7.10.